The summed E-state index contributed by atoms with van der Waals surface area (Å²) in [5.41, 5.74) is 0.418. The summed E-state index contributed by atoms with van der Waals surface area (Å²) in [6.45, 7) is 0. The summed E-state index contributed by atoms with van der Waals surface area (Å²) in [6, 6.07) is 5.57. The molecule has 1 rings (SSSR count). The molecule has 0 fully saturated rings. The summed E-state index contributed by atoms with van der Waals surface area (Å²) in [6.07, 6.45) is 5.03. The molecule has 0 aliphatic rings. The number of halogens is 1. The molecule has 3 nitrogen and oxygen atoms in total. The van der Waals surface area contributed by atoms with E-state index < -0.39 is 10.5 Å². The maximum absolute atomic E-state index is 12.0. The van der Waals surface area contributed by atoms with Crippen molar-refractivity contribution in [3.63, 3.8) is 0 Å². The molecule has 13 heavy (non-hydrogen) atoms. The van der Waals surface area contributed by atoms with E-state index in [-0.39, 0.29) is 5.75 Å². The molecular formula is C8H5FO3S. The van der Waals surface area contributed by atoms with Crippen molar-refractivity contribution in [1.29, 1.82) is 0 Å². The van der Waals surface area contributed by atoms with Crippen molar-refractivity contribution in [2.24, 2.45) is 0 Å². The van der Waals surface area contributed by atoms with Crippen molar-refractivity contribution >= 4 is 10.5 Å². The van der Waals surface area contributed by atoms with Gasteiger partial charge >= 0.3 is 10.5 Å². The molecule has 0 aliphatic heterocycles. The van der Waals surface area contributed by atoms with Crippen molar-refractivity contribution in [1.82, 2.24) is 0 Å². The van der Waals surface area contributed by atoms with Gasteiger partial charge in [-0.3, -0.25) is 0 Å². The van der Waals surface area contributed by atoms with Crippen LogP contribution in [0.1, 0.15) is 5.56 Å². The van der Waals surface area contributed by atoms with E-state index in [1.165, 1.54) is 18.2 Å². The SMILES string of the molecule is C#Cc1cccc(OS(=O)(=O)[18F])c1. The van der Waals surface area contributed by atoms with Crippen LogP contribution in [0.5, 0.6) is 5.75 Å². The van der Waals surface area contributed by atoms with Gasteiger partial charge in [0.05, 0.1) is 0 Å². The number of hydrogen-bond acceptors (Lipinski definition) is 3. The van der Waals surface area contributed by atoms with Crippen LogP contribution in [0.3, 0.4) is 0 Å². The highest BCUT2D eigenvalue weighted by molar-refractivity contribution is 7.81. The highest BCUT2D eigenvalue weighted by atomic mass is 32.3. The van der Waals surface area contributed by atoms with Crippen molar-refractivity contribution in [3.05, 3.63) is 29.8 Å². The van der Waals surface area contributed by atoms with Crippen LogP contribution in [0.2, 0.25) is 0 Å². The standard InChI is InChI=1S/C8H5FO3S/c1-2-7-4-3-5-8(6-7)12-13(9,10)11/h1,3-6H/i9-1. The van der Waals surface area contributed by atoms with Gasteiger partial charge in [0.15, 0.2) is 0 Å². The Morgan fingerprint density at radius 2 is 2.15 bits per heavy atom. The zero-order valence-corrected chi connectivity index (χ0v) is 7.21. The number of hydrogen-bond donors (Lipinski definition) is 0. The van der Waals surface area contributed by atoms with Crippen molar-refractivity contribution < 1.29 is 16.5 Å². The van der Waals surface area contributed by atoms with Gasteiger partial charge in [0.25, 0.3) is 0 Å². The Kier molecular flexibility index (Phi) is 2.54. The number of benzene rings is 1. The molecule has 0 bridgehead atoms. The predicted molar refractivity (Wildman–Crippen MR) is 45.0 cm³/mol. The van der Waals surface area contributed by atoms with Gasteiger partial charge in [0, 0.05) is 5.56 Å². The van der Waals surface area contributed by atoms with Gasteiger partial charge in [-0.25, -0.2) is 0 Å². The first kappa shape index (κ1) is 9.55. The van der Waals surface area contributed by atoms with E-state index >= 15 is 0 Å². The minimum Gasteiger partial charge on any atom is -0.358 e. The number of terminal acetylenes is 1. The first-order chi connectivity index (χ1) is 6.01. The van der Waals surface area contributed by atoms with Gasteiger partial charge in [-0.1, -0.05) is 15.9 Å². The van der Waals surface area contributed by atoms with Crippen LogP contribution < -0.4 is 4.18 Å². The molecule has 1 aromatic carbocycles. The monoisotopic (exact) mass is 199 g/mol. The zero-order valence-electron chi connectivity index (χ0n) is 6.40. The van der Waals surface area contributed by atoms with Crippen LogP contribution in [-0.2, 0) is 10.5 Å². The first-order valence-corrected chi connectivity index (χ1v) is 4.53. The third-order valence-electron chi connectivity index (χ3n) is 1.20. The lowest BCUT2D eigenvalue weighted by Gasteiger charge is -1.99. The van der Waals surface area contributed by atoms with E-state index in [9.17, 15) is 12.3 Å². The molecular weight excluding hydrogens is 194 g/mol. The van der Waals surface area contributed by atoms with Gasteiger partial charge in [0.1, 0.15) is 5.75 Å². The molecule has 0 aromatic heterocycles. The van der Waals surface area contributed by atoms with Gasteiger partial charge in [-0.2, -0.15) is 8.42 Å². The largest absolute Gasteiger partial charge is 0.488 e. The summed E-state index contributed by atoms with van der Waals surface area (Å²) in [4.78, 5) is 0. The average molecular weight is 199 g/mol. The van der Waals surface area contributed by atoms with Gasteiger partial charge in [-0.15, -0.1) is 6.42 Å². The fourth-order valence-corrected chi connectivity index (χ4v) is 1.09. The Balaban J connectivity index is 2.99. The Morgan fingerprint density at radius 3 is 2.69 bits per heavy atom. The second kappa shape index (κ2) is 3.46. The first-order valence-electron chi connectivity index (χ1n) is 3.22. The Labute approximate surface area is 75.6 Å². The van der Waals surface area contributed by atoms with Crippen LogP contribution in [0.15, 0.2) is 24.3 Å². The lowest BCUT2D eigenvalue weighted by molar-refractivity contribution is 0.440. The van der Waals surface area contributed by atoms with Crippen LogP contribution in [-0.4, -0.2) is 8.42 Å². The topological polar surface area (TPSA) is 43.4 Å². The van der Waals surface area contributed by atoms with Crippen molar-refractivity contribution in [3.8, 4) is 18.1 Å². The Morgan fingerprint density at radius 1 is 1.46 bits per heavy atom. The molecule has 0 atom stereocenters. The smallest absolute Gasteiger partial charge is 0.358 e. The average Bonchev–Trinajstić information content (AvgIpc) is 2.01. The second-order valence-electron chi connectivity index (χ2n) is 2.15. The summed E-state index contributed by atoms with van der Waals surface area (Å²) in [5.74, 6) is 2.12. The molecule has 0 unspecified atom stereocenters. The van der Waals surface area contributed by atoms with Crippen LogP contribution in [0, 0.1) is 12.3 Å². The van der Waals surface area contributed by atoms with Crippen LogP contribution in [0.25, 0.3) is 0 Å². The fourth-order valence-electron chi connectivity index (χ4n) is 0.753. The normalized spacial score (nSPS) is 10.5. The molecule has 0 spiro atoms. The Hall–Kier alpha value is -1.54. The molecule has 0 saturated heterocycles. The summed E-state index contributed by atoms with van der Waals surface area (Å²) in [7, 11) is -4.97. The molecule has 1 aromatic rings. The molecule has 0 radical (unpaired) electrons. The molecule has 0 heterocycles. The highest BCUT2D eigenvalue weighted by Crippen LogP contribution is 2.14. The van der Waals surface area contributed by atoms with Gasteiger partial charge < -0.3 is 4.18 Å². The maximum Gasteiger partial charge on any atom is 0.488 e. The van der Waals surface area contributed by atoms with E-state index in [1.807, 2.05) is 0 Å². The van der Waals surface area contributed by atoms with E-state index in [2.05, 4.69) is 10.1 Å². The lowest BCUT2D eigenvalue weighted by Crippen LogP contribution is -2.00. The molecule has 5 heteroatoms. The van der Waals surface area contributed by atoms with Gasteiger partial charge in [-0.05, 0) is 18.2 Å². The predicted octanol–water partition coefficient (Wildman–Crippen LogP) is 1.26. The van der Waals surface area contributed by atoms with Gasteiger partial charge in [0.2, 0.25) is 0 Å². The molecule has 0 saturated carbocycles. The van der Waals surface area contributed by atoms with E-state index in [0.29, 0.717) is 5.56 Å². The summed E-state index contributed by atoms with van der Waals surface area (Å²) in [5, 5.41) is 0. The highest BCUT2D eigenvalue weighted by Gasteiger charge is 2.08. The minimum atomic E-state index is -4.97. The molecule has 0 amide bonds. The third kappa shape index (κ3) is 3.13. The molecule has 68 valence electrons. The summed E-state index contributed by atoms with van der Waals surface area (Å²) < 4.78 is 36.1. The fraction of sp³-hybridized carbons (Fsp3) is 0. The molecule has 0 aliphatic carbocycles. The van der Waals surface area contributed by atoms with E-state index in [1.54, 1.807) is 6.07 Å². The zero-order chi connectivity index (χ0) is 9.90. The van der Waals surface area contributed by atoms with E-state index in [0.717, 1.165) is 0 Å². The third-order valence-corrected chi connectivity index (χ3v) is 1.59. The quantitative estimate of drug-likeness (QED) is 0.532. The Bertz CT molecular complexity index is 445. The number of rotatable bonds is 2. The van der Waals surface area contributed by atoms with Crippen LogP contribution >= 0.6 is 0 Å². The van der Waals surface area contributed by atoms with Crippen molar-refractivity contribution in [2.45, 2.75) is 0 Å². The summed E-state index contributed by atoms with van der Waals surface area (Å²) >= 11 is 0. The maximum atomic E-state index is 12.0. The lowest BCUT2D eigenvalue weighted by atomic mass is 10.2. The van der Waals surface area contributed by atoms with E-state index in [4.69, 9.17) is 6.42 Å². The minimum absolute atomic E-state index is 0.141. The van der Waals surface area contributed by atoms with Crippen molar-refractivity contribution in [2.75, 3.05) is 0 Å². The van der Waals surface area contributed by atoms with Crippen LogP contribution in [0.4, 0.5) is 3.89 Å². The molecule has 0 N–H and O–H groups in total. The second-order valence-corrected chi connectivity index (χ2v) is 3.10.